The van der Waals surface area contributed by atoms with Gasteiger partial charge in [0.05, 0.1) is 17.8 Å². The number of hydrogen-bond donors (Lipinski definition) is 1. The number of benzene rings is 1. The van der Waals surface area contributed by atoms with E-state index in [1.54, 1.807) is 30.0 Å². The molecule has 19 heavy (non-hydrogen) atoms. The Hall–Kier alpha value is -1.40. The van der Waals surface area contributed by atoms with Crippen molar-refractivity contribution in [3.05, 3.63) is 40.7 Å². The van der Waals surface area contributed by atoms with Crippen molar-refractivity contribution in [1.29, 1.82) is 0 Å². The van der Waals surface area contributed by atoms with Crippen LogP contribution in [0.2, 0.25) is 0 Å². The number of hydrogen-bond acceptors (Lipinski definition) is 4. The Balaban J connectivity index is 2.05. The number of halogens is 1. The highest BCUT2D eigenvalue weighted by Crippen LogP contribution is 2.26. The molecule has 0 fully saturated rings. The topological polar surface area (TPSA) is 42.0 Å². The maximum Gasteiger partial charge on any atom is 0.229 e. The highest BCUT2D eigenvalue weighted by atomic mass is 32.2. The fraction of sp³-hybridized carbons (Fsp3) is 0.231. The summed E-state index contributed by atoms with van der Waals surface area (Å²) in [5.74, 6) is -0.661. The van der Waals surface area contributed by atoms with Crippen LogP contribution in [0.1, 0.15) is 10.6 Å². The molecular formula is C13H13FN2OS2. The predicted octanol–water partition coefficient (Wildman–Crippen LogP) is 3.49. The Kier molecular flexibility index (Phi) is 4.55. The number of thioether (sulfide) groups is 1. The average Bonchev–Trinajstić information content (AvgIpc) is 2.73. The lowest BCUT2D eigenvalue weighted by Crippen LogP contribution is -2.15. The molecule has 0 radical (unpaired) electrons. The Morgan fingerprint density at radius 2 is 2.21 bits per heavy atom. The molecule has 2 aromatic rings. The minimum absolute atomic E-state index is 0.208. The van der Waals surface area contributed by atoms with Crippen LogP contribution < -0.4 is 5.32 Å². The van der Waals surface area contributed by atoms with Gasteiger partial charge in [-0.1, -0.05) is 23.9 Å². The third-order valence-corrected chi connectivity index (χ3v) is 4.66. The first-order valence-electron chi connectivity index (χ1n) is 5.65. The number of amides is 1. The van der Waals surface area contributed by atoms with Gasteiger partial charge >= 0.3 is 0 Å². The van der Waals surface area contributed by atoms with E-state index in [1.165, 1.54) is 17.4 Å². The van der Waals surface area contributed by atoms with Gasteiger partial charge in [0, 0.05) is 4.88 Å². The maximum atomic E-state index is 13.4. The SMILES string of the molecule is CSc1nc(C)c(CC(=O)Nc2ccccc2F)s1. The first-order chi connectivity index (χ1) is 9.10. The zero-order chi connectivity index (χ0) is 13.8. The van der Waals surface area contributed by atoms with Crippen molar-refractivity contribution in [3.8, 4) is 0 Å². The van der Waals surface area contributed by atoms with Crippen LogP contribution in [0.4, 0.5) is 10.1 Å². The molecule has 0 atom stereocenters. The van der Waals surface area contributed by atoms with Gasteiger partial charge in [0.1, 0.15) is 10.2 Å². The van der Waals surface area contributed by atoms with Crippen LogP contribution >= 0.6 is 23.1 Å². The number of para-hydroxylation sites is 1. The first-order valence-corrected chi connectivity index (χ1v) is 7.69. The summed E-state index contributed by atoms with van der Waals surface area (Å²) in [6.45, 7) is 1.88. The molecule has 0 unspecified atom stereocenters. The molecule has 1 aromatic carbocycles. The van der Waals surface area contributed by atoms with Gasteiger partial charge in [-0.15, -0.1) is 11.3 Å². The van der Waals surface area contributed by atoms with E-state index in [0.717, 1.165) is 14.9 Å². The first kappa shape index (κ1) is 14.0. The molecule has 0 spiro atoms. The lowest BCUT2D eigenvalue weighted by Gasteiger charge is -2.05. The van der Waals surface area contributed by atoms with E-state index >= 15 is 0 Å². The lowest BCUT2D eigenvalue weighted by molar-refractivity contribution is -0.115. The molecule has 0 aliphatic rings. The number of thiazole rings is 1. The van der Waals surface area contributed by atoms with Crippen LogP contribution in [-0.4, -0.2) is 17.1 Å². The number of nitrogens with one attached hydrogen (secondary N) is 1. The minimum atomic E-state index is -0.429. The molecule has 2 rings (SSSR count). The van der Waals surface area contributed by atoms with Crippen LogP contribution in [0.25, 0.3) is 0 Å². The van der Waals surface area contributed by atoms with Gasteiger partial charge in [-0.3, -0.25) is 4.79 Å². The number of nitrogens with zero attached hydrogens (tertiary/aromatic N) is 1. The molecule has 0 aliphatic heterocycles. The second kappa shape index (κ2) is 6.16. The van der Waals surface area contributed by atoms with Crippen LogP contribution in [-0.2, 0) is 11.2 Å². The van der Waals surface area contributed by atoms with Crippen molar-refractivity contribution < 1.29 is 9.18 Å². The summed E-state index contributed by atoms with van der Waals surface area (Å²) in [5, 5.41) is 2.57. The molecular weight excluding hydrogens is 283 g/mol. The molecule has 1 amide bonds. The van der Waals surface area contributed by atoms with Crippen molar-refractivity contribution in [1.82, 2.24) is 4.98 Å². The summed E-state index contributed by atoms with van der Waals surface area (Å²) in [5.41, 5.74) is 1.07. The zero-order valence-corrected chi connectivity index (χ0v) is 12.2. The quantitative estimate of drug-likeness (QED) is 0.878. The Labute approximate surface area is 119 Å². The normalized spacial score (nSPS) is 10.5. The van der Waals surface area contributed by atoms with E-state index in [2.05, 4.69) is 10.3 Å². The van der Waals surface area contributed by atoms with E-state index in [-0.39, 0.29) is 18.0 Å². The number of carbonyl (C=O) groups is 1. The minimum Gasteiger partial charge on any atom is -0.323 e. The fourth-order valence-electron chi connectivity index (χ4n) is 1.56. The summed E-state index contributed by atoms with van der Waals surface area (Å²) in [4.78, 5) is 17.1. The van der Waals surface area contributed by atoms with Crippen LogP contribution in [0.15, 0.2) is 28.6 Å². The molecule has 0 bridgehead atoms. The Bertz CT molecular complexity index is 598. The molecule has 0 aliphatic carbocycles. The Morgan fingerprint density at radius 1 is 1.47 bits per heavy atom. The molecule has 6 heteroatoms. The van der Waals surface area contributed by atoms with Crippen LogP contribution in [0, 0.1) is 12.7 Å². The lowest BCUT2D eigenvalue weighted by atomic mass is 10.2. The van der Waals surface area contributed by atoms with Crippen molar-refractivity contribution in [3.63, 3.8) is 0 Å². The fourth-order valence-corrected chi connectivity index (χ4v) is 3.21. The maximum absolute atomic E-state index is 13.4. The van der Waals surface area contributed by atoms with Crippen LogP contribution in [0.5, 0.6) is 0 Å². The third kappa shape index (κ3) is 3.54. The smallest absolute Gasteiger partial charge is 0.229 e. The standard InChI is InChI=1S/C13H13FN2OS2/c1-8-11(19-13(15-8)18-2)7-12(17)16-10-6-4-3-5-9(10)14/h3-6H,7H2,1-2H3,(H,16,17). The number of aromatic nitrogens is 1. The summed E-state index contributed by atoms with van der Waals surface area (Å²) < 4.78 is 14.3. The van der Waals surface area contributed by atoms with E-state index in [1.807, 2.05) is 13.2 Å². The molecule has 1 heterocycles. The van der Waals surface area contributed by atoms with Gasteiger partial charge in [-0.2, -0.15) is 0 Å². The van der Waals surface area contributed by atoms with E-state index in [9.17, 15) is 9.18 Å². The van der Waals surface area contributed by atoms with E-state index in [0.29, 0.717) is 0 Å². The monoisotopic (exact) mass is 296 g/mol. The van der Waals surface area contributed by atoms with Crippen molar-refractivity contribution in [2.24, 2.45) is 0 Å². The zero-order valence-electron chi connectivity index (χ0n) is 10.6. The van der Waals surface area contributed by atoms with Gasteiger partial charge in [0.15, 0.2) is 0 Å². The van der Waals surface area contributed by atoms with Gasteiger partial charge in [-0.05, 0) is 25.3 Å². The van der Waals surface area contributed by atoms with Gasteiger partial charge in [0.25, 0.3) is 0 Å². The molecule has 0 saturated heterocycles. The van der Waals surface area contributed by atoms with Gasteiger partial charge in [-0.25, -0.2) is 9.37 Å². The van der Waals surface area contributed by atoms with Crippen molar-refractivity contribution >= 4 is 34.7 Å². The van der Waals surface area contributed by atoms with Crippen molar-refractivity contribution in [2.45, 2.75) is 17.7 Å². The Morgan fingerprint density at radius 3 is 2.84 bits per heavy atom. The van der Waals surface area contributed by atoms with Crippen molar-refractivity contribution in [2.75, 3.05) is 11.6 Å². The second-order valence-electron chi connectivity index (χ2n) is 3.90. The van der Waals surface area contributed by atoms with Gasteiger partial charge in [0.2, 0.25) is 5.91 Å². The summed E-state index contributed by atoms with van der Waals surface area (Å²) in [6.07, 6.45) is 2.17. The summed E-state index contributed by atoms with van der Waals surface area (Å²) in [7, 11) is 0. The van der Waals surface area contributed by atoms with E-state index < -0.39 is 5.82 Å². The summed E-state index contributed by atoms with van der Waals surface area (Å²) >= 11 is 3.05. The average molecular weight is 296 g/mol. The highest BCUT2D eigenvalue weighted by molar-refractivity contribution is 8.00. The molecule has 3 nitrogen and oxygen atoms in total. The van der Waals surface area contributed by atoms with E-state index in [4.69, 9.17) is 0 Å². The highest BCUT2D eigenvalue weighted by Gasteiger charge is 2.12. The molecule has 0 saturated carbocycles. The van der Waals surface area contributed by atoms with Gasteiger partial charge < -0.3 is 5.32 Å². The molecule has 1 N–H and O–H groups in total. The number of carbonyl (C=O) groups excluding carboxylic acids is 1. The third-order valence-electron chi connectivity index (χ3n) is 2.52. The second-order valence-corrected chi connectivity index (χ2v) is 6.03. The molecule has 1 aromatic heterocycles. The predicted molar refractivity (Wildman–Crippen MR) is 77.4 cm³/mol. The molecule has 100 valence electrons. The van der Waals surface area contributed by atoms with Crippen LogP contribution in [0.3, 0.4) is 0 Å². The largest absolute Gasteiger partial charge is 0.323 e. The number of rotatable bonds is 4. The number of aryl methyl sites for hydroxylation is 1. The summed E-state index contributed by atoms with van der Waals surface area (Å²) in [6, 6.07) is 6.13. The number of anilines is 1.